The van der Waals surface area contributed by atoms with Crippen LogP contribution in [-0.4, -0.2) is 24.0 Å². The van der Waals surface area contributed by atoms with Crippen molar-refractivity contribution < 1.29 is 14.3 Å². The van der Waals surface area contributed by atoms with Crippen LogP contribution in [0.2, 0.25) is 0 Å². The second-order valence-corrected chi connectivity index (χ2v) is 6.56. The summed E-state index contributed by atoms with van der Waals surface area (Å²) in [6, 6.07) is 5.97. The van der Waals surface area contributed by atoms with Crippen molar-refractivity contribution >= 4 is 11.9 Å². The van der Waals surface area contributed by atoms with E-state index in [1.54, 1.807) is 13.8 Å². The molecule has 128 valence electrons. The highest BCUT2D eigenvalue weighted by atomic mass is 16.5. The van der Waals surface area contributed by atoms with E-state index in [1.165, 1.54) is 0 Å². The number of nitrogens with one attached hydrogen (secondary N) is 1. The zero-order valence-corrected chi connectivity index (χ0v) is 14.6. The fourth-order valence-electron chi connectivity index (χ4n) is 2.19. The smallest absolute Gasteiger partial charge is 0.328 e. The average Bonchev–Trinajstić information content (AvgIpc) is 2.45. The summed E-state index contributed by atoms with van der Waals surface area (Å²) in [5.74, 6) is -0.547. The topological polar surface area (TPSA) is 81.4 Å². The molecule has 0 spiro atoms. The third-order valence-electron chi connectivity index (χ3n) is 3.38. The van der Waals surface area contributed by atoms with Crippen molar-refractivity contribution in [3.05, 3.63) is 35.4 Å². The molecule has 1 aromatic rings. The Morgan fingerprint density at radius 1 is 1.13 bits per heavy atom. The third-order valence-corrected chi connectivity index (χ3v) is 3.38. The van der Waals surface area contributed by atoms with E-state index in [0.29, 0.717) is 12.0 Å². The minimum absolute atomic E-state index is 0.222. The molecule has 5 heteroatoms. The molecule has 0 aromatic heterocycles. The summed E-state index contributed by atoms with van der Waals surface area (Å²) in [4.78, 5) is 24.5. The van der Waals surface area contributed by atoms with Crippen molar-refractivity contribution in [3.63, 3.8) is 0 Å². The number of esters is 1. The van der Waals surface area contributed by atoms with Crippen molar-refractivity contribution in [2.75, 3.05) is 0 Å². The highest BCUT2D eigenvalue weighted by Crippen LogP contribution is 2.14. The summed E-state index contributed by atoms with van der Waals surface area (Å²) < 4.78 is 5.22. The van der Waals surface area contributed by atoms with E-state index >= 15 is 0 Å². The SMILES string of the molecule is Cc1ccc(C(N)C(=O)N[C@@H](CC(C)C)C(=O)OC(C)C)cc1. The van der Waals surface area contributed by atoms with E-state index in [0.717, 1.165) is 5.56 Å². The van der Waals surface area contributed by atoms with Crippen LogP contribution in [-0.2, 0) is 14.3 Å². The molecule has 1 aromatic carbocycles. The molecule has 1 unspecified atom stereocenters. The Hall–Kier alpha value is -1.88. The van der Waals surface area contributed by atoms with Gasteiger partial charge in [-0.05, 0) is 38.7 Å². The van der Waals surface area contributed by atoms with Gasteiger partial charge in [0.25, 0.3) is 0 Å². The fraction of sp³-hybridized carbons (Fsp3) is 0.556. The summed E-state index contributed by atoms with van der Waals surface area (Å²) in [5, 5.41) is 2.73. The molecule has 0 saturated heterocycles. The van der Waals surface area contributed by atoms with Gasteiger partial charge in [-0.2, -0.15) is 0 Å². The Bertz CT molecular complexity index is 524. The molecule has 3 N–H and O–H groups in total. The van der Waals surface area contributed by atoms with Crippen LogP contribution >= 0.6 is 0 Å². The summed E-state index contributed by atoms with van der Waals surface area (Å²) in [5.41, 5.74) is 7.82. The number of hydrogen-bond donors (Lipinski definition) is 2. The molecule has 0 aliphatic heterocycles. The van der Waals surface area contributed by atoms with E-state index < -0.39 is 18.1 Å². The quantitative estimate of drug-likeness (QED) is 0.756. The first-order chi connectivity index (χ1) is 10.7. The van der Waals surface area contributed by atoms with Crippen molar-refractivity contribution in [3.8, 4) is 0 Å². The van der Waals surface area contributed by atoms with Gasteiger partial charge in [-0.3, -0.25) is 4.79 Å². The normalized spacial score (nSPS) is 13.7. The van der Waals surface area contributed by atoms with Gasteiger partial charge in [-0.25, -0.2) is 4.79 Å². The molecule has 2 atom stereocenters. The van der Waals surface area contributed by atoms with Gasteiger partial charge in [0, 0.05) is 0 Å². The van der Waals surface area contributed by atoms with Crippen LogP contribution in [0.25, 0.3) is 0 Å². The molecule has 0 bridgehead atoms. The van der Waals surface area contributed by atoms with Crippen LogP contribution in [0.3, 0.4) is 0 Å². The fourth-order valence-corrected chi connectivity index (χ4v) is 2.19. The number of rotatable bonds is 7. The molecule has 1 amide bonds. The monoisotopic (exact) mass is 320 g/mol. The molecule has 5 nitrogen and oxygen atoms in total. The van der Waals surface area contributed by atoms with Gasteiger partial charge in [0.05, 0.1) is 6.10 Å². The largest absolute Gasteiger partial charge is 0.461 e. The highest BCUT2D eigenvalue weighted by molar-refractivity contribution is 5.88. The van der Waals surface area contributed by atoms with Gasteiger partial charge in [0.2, 0.25) is 5.91 Å². The molecule has 0 radical (unpaired) electrons. The minimum atomic E-state index is -0.808. The van der Waals surface area contributed by atoms with Gasteiger partial charge in [0.1, 0.15) is 12.1 Å². The first kappa shape index (κ1) is 19.2. The molecular weight excluding hydrogens is 292 g/mol. The number of carbonyl (C=O) groups excluding carboxylic acids is 2. The second kappa shape index (κ2) is 8.67. The van der Waals surface area contributed by atoms with Crippen molar-refractivity contribution in [2.45, 2.75) is 59.2 Å². The number of hydrogen-bond acceptors (Lipinski definition) is 4. The van der Waals surface area contributed by atoms with Crippen molar-refractivity contribution in [1.82, 2.24) is 5.32 Å². The van der Waals surface area contributed by atoms with E-state index in [9.17, 15) is 9.59 Å². The Labute approximate surface area is 138 Å². The Morgan fingerprint density at radius 3 is 2.17 bits per heavy atom. The molecule has 0 aliphatic rings. The predicted molar refractivity (Wildman–Crippen MR) is 90.7 cm³/mol. The first-order valence-corrected chi connectivity index (χ1v) is 8.03. The minimum Gasteiger partial charge on any atom is -0.461 e. The van der Waals surface area contributed by atoms with E-state index in [1.807, 2.05) is 45.0 Å². The van der Waals surface area contributed by atoms with Crippen LogP contribution in [0.15, 0.2) is 24.3 Å². The zero-order valence-electron chi connectivity index (χ0n) is 14.6. The Morgan fingerprint density at radius 2 is 1.70 bits per heavy atom. The van der Waals surface area contributed by atoms with Crippen LogP contribution in [0.5, 0.6) is 0 Å². The molecule has 0 heterocycles. The van der Waals surface area contributed by atoms with Crippen LogP contribution in [0.1, 0.15) is 51.3 Å². The molecule has 23 heavy (non-hydrogen) atoms. The zero-order chi connectivity index (χ0) is 17.6. The van der Waals surface area contributed by atoms with Crippen LogP contribution in [0.4, 0.5) is 0 Å². The second-order valence-electron chi connectivity index (χ2n) is 6.56. The number of benzene rings is 1. The van der Waals surface area contributed by atoms with Gasteiger partial charge in [-0.1, -0.05) is 43.7 Å². The summed E-state index contributed by atoms with van der Waals surface area (Å²) >= 11 is 0. The summed E-state index contributed by atoms with van der Waals surface area (Å²) in [6.07, 6.45) is 0.289. The standard InChI is InChI=1S/C18H28N2O3/c1-11(2)10-15(18(22)23-12(3)4)20-17(21)16(19)14-8-6-13(5)7-9-14/h6-9,11-12,15-16H,10,19H2,1-5H3,(H,20,21)/t15-,16?/m0/s1. The maximum absolute atomic E-state index is 12.4. The van der Waals surface area contributed by atoms with Gasteiger partial charge >= 0.3 is 5.97 Å². The molecule has 0 fully saturated rings. The number of ether oxygens (including phenoxy) is 1. The summed E-state index contributed by atoms with van der Waals surface area (Å²) in [7, 11) is 0. The number of carbonyl (C=O) groups is 2. The molecule has 0 saturated carbocycles. The predicted octanol–water partition coefficient (Wildman–Crippen LogP) is 2.48. The van der Waals surface area contributed by atoms with E-state index in [-0.39, 0.29) is 17.9 Å². The van der Waals surface area contributed by atoms with Crippen LogP contribution < -0.4 is 11.1 Å². The molecular formula is C18H28N2O3. The lowest BCUT2D eigenvalue weighted by molar-refractivity contribution is -0.152. The summed E-state index contributed by atoms with van der Waals surface area (Å²) in [6.45, 7) is 9.51. The molecule has 0 aliphatic carbocycles. The maximum atomic E-state index is 12.4. The van der Waals surface area contributed by atoms with Crippen molar-refractivity contribution in [1.29, 1.82) is 0 Å². The average molecular weight is 320 g/mol. The lowest BCUT2D eigenvalue weighted by atomic mass is 10.0. The third kappa shape index (κ3) is 6.40. The first-order valence-electron chi connectivity index (χ1n) is 8.03. The number of amides is 1. The highest BCUT2D eigenvalue weighted by Gasteiger charge is 2.26. The van der Waals surface area contributed by atoms with Gasteiger partial charge < -0.3 is 15.8 Å². The molecule has 1 rings (SSSR count). The van der Waals surface area contributed by atoms with Gasteiger partial charge in [-0.15, -0.1) is 0 Å². The van der Waals surface area contributed by atoms with Crippen molar-refractivity contribution in [2.24, 2.45) is 11.7 Å². The lowest BCUT2D eigenvalue weighted by Gasteiger charge is -2.22. The van der Waals surface area contributed by atoms with E-state index in [4.69, 9.17) is 10.5 Å². The lowest BCUT2D eigenvalue weighted by Crippen LogP contribution is -2.46. The van der Waals surface area contributed by atoms with E-state index in [2.05, 4.69) is 5.32 Å². The number of aryl methyl sites for hydroxylation is 1. The maximum Gasteiger partial charge on any atom is 0.328 e. The Kier molecular flexibility index (Phi) is 7.23. The number of nitrogens with two attached hydrogens (primary N) is 1. The van der Waals surface area contributed by atoms with Crippen LogP contribution in [0, 0.1) is 12.8 Å². The van der Waals surface area contributed by atoms with Gasteiger partial charge in [0.15, 0.2) is 0 Å². The Balaban J connectivity index is 2.78.